The highest BCUT2D eigenvalue weighted by Crippen LogP contribution is 2.31. The second-order valence-electron chi connectivity index (χ2n) is 6.24. The van der Waals surface area contributed by atoms with Crippen LogP contribution in [0.4, 0.5) is 11.4 Å². The van der Waals surface area contributed by atoms with E-state index in [1.54, 1.807) is 17.0 Å². The van der Waals surface area contributed by atoms with Crippen LogP contribution in [0.3, 0.4) is 0 Å². The minimum atomic E-state index is -3.83. The monoisotopic (exact) mass is 429 g/mol. The predicted octanol–water partition coefficient (Wildman–Crippen LogP) is 2.99. The summed E-state index contributed by atoms with van der Waals surface area (Å²) >= 11 is 5.79. The van der Waals surface area contributed by atoms with Gasteiger partial charge >= 0.3 is 0 Å². The van der Waals surface area contributed by atoms with E-state index in [2.05, 4.69) is 4.72 Å². The van der Waals surface area contributed by atoms with Crippen LogP contribution in [0.15, 0.2) is 47.4 Å². The minimum Gasteiger partial charge on any atom is -0.398 e. The van der Waals surface area contributed by atoms with E-state index in [9.17, 15) is 13.2 Å². The molecule has 3 N–H and O–H groups in total. The molecule has 1 unspecified atom stereocenters. The number of carbonyl (C=O) groups is 1. The lowest BCUT2D eigenvalue weighted by Gasteiger charge is -2.32. The summed E-state index contributed by atoms with van der Waals surface area (Å²) in [6, 6.07) is 10.3. The van der Waals surface area contributed by atoms with Crippen LogP contribution in [-0.4, -0.2) is 26.9 Å². The van der Waals surface area contributed by atoms with E-state index in [1.165, 1.54) is 31.2 Å². The van der Waals surface area contributed by atoms with Crippen molar-refractivity contribution in [3.8, 4) is 0 Å². The zero-order valence-corrected chi connectivity index (χ0v) is 17.1. The Hall–Kier alpha value is -1.80. The average Bonchev–Trinajstić information content (AvgIpc) is 2.61. The molecule has 6 nitrogen and oxygen atoms in total. The Balaban J connectivity index is 0.00000261. The normalized spacial score (nSPS) is 14.8. The standard InChI is InChI=1S/C18H20ClN3O3S.ClH/c1-12(21-26(24,25)14-9-7-13(19)8-10-14)18(23)22-11-3-4-15-16(20)5-2-6-17(15)22;/h2,5-10,12,21H,3-4,11,20H2,1H3;1H. The average molecular weight is 430 g/mol. The van der Waals surface area contributed by atoms with Gasteiger partial charge in [-0.15, -0.1) is 12.4 Å². The number of amides is 1. The molecular formula is C18H21Cl2N3O3S. The maximum Gasteiger partial charge on any atom is 0.244 e. The molecule has 0 aromatic heterocycles. The first-order chi connectivity index (χ1) is 12.3. The number of hydrogen-bond acceptors (Lipinski definition) is 4. The largest absolute Gasteiger partial charge is 0.398 e. The molecule has 9 heteroatoms. The quantitative estimate of drug-likeness (QED) is 0.730. The summed E-state index contributed by atoms with van der Waals surface area (Å²) in [5, 5.41) is 0.440. The van der Waals surface area contributed by atoms with Crippen molar-refractivity contribution < 1.29 is 13.2 Å². The Morgan fingerprint density at radius 3 is 2.56 bits per heavy atom. The van der Waals surface area contributed by atoms with Gasteiger partial charge in [-0.25, -0.2) is 8.42 Å². The maximum atomic E-state index is 12.9. The van der Waals surface area contributed by atoms with Gasteiger partial charge in [-0.3, -0.25) is 4.79 Å². The summed E-state index contributed by atoms with van der Waals surface area (Å²) in [5.74, 6) is -0.311. The highest BCUT2D eigenvalue weighted by molar-refractivity contribution is 7.89. The van der Waals surface area contributed by atoms with E-state index >= 15 is 0 Å². The first-order valence-electron chi connectivity index (χ1n) is 8.26. The summed E-state index contributed by atoms with van der Waals surface area (Å²) in [6.45, 7) is 2.07. The first-order valence-corrected chi connectivity index (χ1v) is 10.1. The number of benzene rings is 2. The summed E-state index contributed by atoms with van der Waals surface area (Å²) in [5.41, 5.74) is 8.34. The van der Waals surface area contributed by atoms with Crippen molar-refractivity contribution >= 4 is 51.3 Å². The van der Waals surface area contributed by atoms with E-state index in [-0.39, 0.29) is 23.2 Å². The third-order valence-electron chi connectivity index (χ3n) is 4.38. The summed E-state index contributed by atoms with van der Waals surface area (Å²) in [6.07, 6.45) is 1.58. The summed E-state index contributed by atoms with van der Waals surface area (Å²) in [4.78, 5) is 14.5. The van der Waals surface area contributed by atoms with Gasteiger partial charge in [0.25, 0.3) is 0 Å². The highest BCUT2D eigenvalue weighted by Gasteiger charge is 2.29. The van der Waals surface area contributed by atoms with E-state index in [4.69, 9.17) is 17.3 Å². The second-order valence-corrected chi connectivity index (χ2v) is 8.39. The number of nitrogens with two attached hydrogens (primary N) is 1. The molecule has 2 aromatic carbocycles. The van der Waals surface area contributed by atoms with Gasteiger partial charge in [0.15, 0.2) is 0 Å². The van der Waals surface area contributed by atoms with Crippen molar-refractivity contribution in [2.45, 2.75) is 30.7 Å². The molecule has 0 fully saturated rings. The summed E-state index contributed by atoms with van der Waals surface area (Å²) in [7, 11) is -3.83. The second kappa shape index (κ2) is 8.48. The van der Waals surface area contributed by atoms with E-state index in [0.29, 0.717) is 17.3 Å². The molecule has 1 aliphatic heterocycles. The van der Waals surface area contributed by atoms with E-state index in [1.807, 2.05) is 6.07 Å². The molecule has 0 spiro atoms. The Morgan fingerprint density at radius 1 is 1.22 bits per heavy atom. The van der Waals surface area contributed by atoms with Crippen LogP contribution in [0, 0.1) is 0 Å². The van der Waals surface area contributed by atoms with Gasteiger partial charge in [0, 0.05) is 22.9 Å². The van der Waals surface area contributed by atoms with Gasteiger partial charge in [-0.1, -0.05) is 17.7 Å². The van der Waals surface area contributed by atoms with Crippen molar-refractivity contribution in [1.29, 1.82) is 0 Å². The predicted molar refractivity (Wildman–Crippen MR) is 110 cm³/mol. The fourth-order valence-corrected chi connectivity index (χ4v) is 4.40. The van der Waals surface area contributed by atoms with E-state index < -0.39 is 16.1 Å². The molecule has 0 bridgehead atoms. The Labute approximate surface area is 170 Å². The Morgan fingerprint density at radius 2 is 1.89 bits per heavy atom. The number of anilines is 2. The van der Waals surface area contributed by atoms with Crippen molar-refractivity contribution in [1.82, 2.24) is 4.72 Å². The first kappa shape index (κ1) is 21.5. The lowest BCUT2D eigenvalue weighted by Crippen LogP contribution is -2.48. The van der Waals surface area contributed by atoms with Crippen LogP contribution < -0.4 is 15.4 Å². The smallest absolute Gasteiger partial charge is 0.244 e. The van der Waals surface area contributed by atoms with Crippen LogP contribution in [0.2, 0.25) is 5.02 Å². The van der Waals surface area contributed by atoms with Crippen LogP contribution >= 0.6 is 24.0 Å². The maximum absolute atomic E-state index is 12.9. The molecule has 146 valence electrons. The molecular weight excluding hydrogens is 409 g/mol. The number of sulfonamides is 1. The number of fused-ring (bicyclic) bond motifs is 1. The number of carbonyl (C=O) groups excluding carboxylic acids is 1. The fourth-order valence-electron chi connectivity index (χ4n) is 3.08. The topological polar surface area (TPSA) is 92.5 Å². The molecule has 1 aliphatic rings. The van der Waals surface area contributed by atoms with Crippen molar-refractivity contribution in [2.75, 3.05) is 17.2 Å². The SMILES string of the molecule is CC(NS(=O)(=O)c1ccc(Cl)cc1)C(=O)N1CCCc2c(N)cccc21.Cl. The molecule has 2 aromatic rings. The number of nitrogens with zero attached hydrogens (tertiary/aromatic N) is 1. The molecule has 1 amide bonds. The van der Waals surface area contributed by atoms with Crippen LogP contribution in [0.1, 0.15) is 18.9 Å². The van der Waals surface area contributed by atoms with Crippen LogP contribution in [0.5, 0.6) is 0 Å². The summed E-state index contributed by atoms with van der Waals surface area (Å²) < 4.78 is 27.4. The molecule has 3 rings (SSSR count). The molecule has 1 heterocycles. The minimum absolute atomic E-state index is 0. The van der Waals surface area contributed by atoms with Crippen molar-refractivity contribution in [3.05, 3.63) is 53.1 Å². The van der Waals surface area contributed by atoms with Crippen LogP contribution in [-0.2, 0) is 21.2 Å². The zero-order valence-electron chi connectivity index (χ0n) is 14.7. The molecule has 0 aliphatic carbocycles. The van der Waals surface area contributed by atoms with Gasteiger partial charge in [0.05, 0.1) is 10.9 Å². The number of nitrogen functional groups attached to an aromatic ring is 1. The number of halogens is 2. The number of nitrogens with one attached hydrogen (secondary N) is 1. The molecule has 0 saturated heterocycles. The zero-order chi connectivity index (χ0) is 18.9. The fraction of sp³-hybridized carbons (Fsp3) is 0.278. The third kappa shape index (κ3) is 4.55. The van der Waals surface area contributed by atoms with Gasteiger partial charge in [-0.2, -0.15) is 4.72 Å². The van der Waals surface area contributed by atoms with Crippen molar-refractivity contribution in [2.24, 2.45) is 0 Å². The molecule has 0 radical (unpaired) electrons. The third-order valence-corrected chi connectivity index (χ3v) is 6.19. The van der Waals surface area contributed by atoms with Gasteiger partial charge in [-0.05, 0) is 61.7 Å². The lowest BCUT2D eigenvalue weighted by atomic mass is 9.99. The Bertz CT molecular complexity index is 933. The molecule has 0 saturated carbocycles. The van der Waals surface area contributed by atoms with Gasteiger partial charge in [0.1, 0.15) is 0 Å². The molecule has 1 atom stereocenters. The van der Waals surface area contributed by atoms with Crippen LogP contribution in [0.25, 0.3) is 0 Å². The molecule has 27 heavy (non-hydrogen) atoms. The Kier molecular flexibility index (Phi) is 6.75. The number of rotatable bonds is 4. The van der Waals surface area contributed by atoms with E-state index in [0.717, 1.165) is 24.1 Å². The van der Waals surface area contributed by atoms with Gasteiger partial charge < -0.3 is 10.6 Å². The number of hydrogen-bond donors (Lipinski definition) is 2. The van der Waals surface area contributed by atoms with Crippen molar-refractivity contribution in [3.63, 3.8) is 0 Å². The van der Waals surface area contributed by atoms with Gasteiger partial charge in [0.2, 0.25) is 15.9 Å². The lowest BCUT2D eigenvalue weighted by molar-refractivity contribution is -0.119. The highest BCUT2D eigenvalue weighted by atomic mass is 35.5.